The molecule has 9 nitrogen and oxygen atoms in total. The molecular weight excluding hydrogens is 582 g/mol. The van der Waals surface area contributed by atoms with Crippen molar-refractivity contribution in [1.82, 2.24) is 15.2 Å². The summed E-state index contributed by atoms with van der Waals surface area (Å²) in [7, 11) is 0. The van der Waals surface area contributed by atoms with Crippen molar-refractivity contribution in [3.05, 3.63) is 77.2 Å². The Morgan fingerprint density at radius 3 is 2.40 bits per heavy atom. The van der Waals surface area contributed by atoms with Crippen LogP contribution in [-0.4, -0.2) is 59.9 Å². The predicted octanol–water partition coefficient (Wildman–Crippen LogP) is 5.15. The molecule has 0 aliphatic carbocycles. The zero-order valence-electron chi connectivity index (χ0n) is 22.2. The molecule has 224 valence electrons. The number of pyridine rings is 1. The lowest BCUT2D eigenvalue weighted by Crippen LogP contribution is -2.39. The van der Waals surface area contributed by atoms with Crippen LogP contribution in [0.4, 0.5) is 49.4 Å². The van der Waals surface area contributed by atoms with Gasteiger partial charge in [0.05, 0.1) is 31.0 Å². The largest absolute Gasteiger partial charge is 0.417 e. The van der Waals surface area contributed by atoms with Gasteiger partial charge in [-0.3, -0.25) is 4.79 Å². The quantitative estimate of drug-likeness (QED) is 0.245. The molecule has 4 aromatic rings. The van der Waals surface area contributed by atoms with Crippen molar-refractivity contribution in [1.29, 1.82) is 0 Å². The minimum absolute atomic E-state index is 0.00828. The third-order valence-corrected chi connectivity index (χ3v) is 7.15. The van der Waals surface area contributed by atoms with E-state index < -0.39 is 35.2 Å². The summed E-state index contributed by atoms with van der Waals surface area (Å²) in [6.07, 6.45) is -4.02. The number of morpholine rings is 1. The first-order valence-electron chi connectivity index (χ1n) is 13.1. The molecule has 4 heterocycles. The Morgan fingerprint density at radius 2 is 1.67 bits per heavy atom. The Balaban J connectivity index is 1.32. The fraction of sp³-hybridized carbons (Fsp3) is 0.286. The Bertz CT molecular complexity index is 1650. The second-order valence-corrected chi connectivity index (χ2v) is 9.90. The lowest BCUT2D eigenvalue weighted by atomic mass is 10.0. The van der Waals surface area contributed by atoms with E-state index in [1.807, 2.05) is 0 Å². The molecule has 1 fully saturated rings. The molecule has 6 rings (SSSR count). The van der Waals surface area contributed by atoms with Crippen molar-refractivity contribution in [2.45, 2.75) is 18.6 Å². The second-order valence-electron chi connectivity index (χ2n) is 9.90. The van der Waals surface area contributed by atoms with Crippen LogP contribution in [0, 0.1) is 17.5 Å². The summed E-state index contributed by atoms with van der Waals surface area (Å²) in [6, 6.07) is 8.08. The highest BCUT2D eigenvalue weighted by Crippen LogP contribution is 2.37. The predicted molar refractivity (Wildman–Crippen MR) is 141 cm³/mol. The third kappa shape index (κ3) is 5.71. The number of rotatable bonds is 5. The van der Waals surface area contributed by atoms with Crippen molar-refractivity contribution in [2.24, 2.45) is 0 Å². The minimum atomic E-state index is -4.63. The number of hydrogen-bond acceptors (Lipinski definition) is 9. The van der Waals surface area contributed by atoms with E-state index in [1.165, 1.54) is 4.90 Å². The number of carbonyl (C=O) groups is 1. The van der Waals surface area contributed by atoms with Crippen molar-refractivity contribution in [2.75, 3.05) is 48.0 Å². The molecule has 0 amide bonds. The van der Waals surface area contributed by atoms with Gasteiger partial charge in [-0.2, -0.15) is 13.2 Å². The first-order valence-corrected chi connectivity index (χ1v) is 13.1. The molecule has 0 bridgehead atoms. The first kappa shape index (κ1) is 28.5. The third-order valence-electron chi connectivity index (χ3n) is 7.15. The number of halogens is 6. The van der Waals surface area contributed by atoms with Crippen LogP contribution in [0.25, 0.3) is 11.6 Å². The number of para-hydroxylation sites is 1. The fourth-order valence-corrected chi connectivity index (χ4v) is 5.03. The number of ether oxygens (including phenoxy) is 1. The van der Waals surface area contributed by atoms with Gasteiger partial charge in [-0.1, -0.05) is 23.3 Å². The SMILES string of the molecule is O=C1Cc2ccccc2N(c2cc(F)c(F)c(F)c2)C[C@@H]1Nc1nnc(-c2ncc(C(F)(F)F)cc2N2CCOCC2)o1. The average Bonchev–Trinajstić information content (AvgIpc) is 3.40. The number of hydrogen-bond donors (Lipinski definition) is 1. The number of anilines is 4. The fourth-order valence-electron chi connectivity index (χ4n) is 5.03. The molecule has 43 heavy (non-hydrogen) atoms. The average molecular weight is 605 g/mol. The Morgan fingerprint density at radius 1 is 0.953 bits per heavy atom. The van der Waals surface area contributed by atoms with Crippen LogP contribution in [0.2, 0.25) is 0 Å². The van der Waals surface area contributed by atoms with Gasteiger partial charge in [-0.05, 0) is 17.7 Å². The number of Topliss-reactive ketones (excluding diaryl/α,β-unsaturated/α-hetero) is 1. The molecule has 1 atom stereocenters. The molecule has 0 spiro atoms. The number of benzene rings is 2. The topological polar surface area (TPSA) is 96.6 Å². The lowest BCUT2D eigenvalue weighted by Gasteiger charge is -2.30. The van der Waals surface area contributed by atoms with Gasteiger partial charge in [0, 0.05) is 49.2 Å². The molecule has 0 saturated carbocycles. The summed E-state index contributed by atoms with van der Waals surface area (Å²) < 4.78 is 93.5. The molecule has 1 saturated heterocycles. The van der Waals surface area contributed by atoms with Gasteiger partial charge in [0.15, 0.2) is 28.9 Å². The first-order chi connectivity index (χ1) is 20.6. The summed E-state index contributed by atoms with van der Waals surface area (Å²) in [4.78, 5) is 20.4. The maximum atomic E-state index is 14.2. The highest BCUT2D eigenvalue weighted by molar-refractivity contribution is 5.92. The molecule has 0 unspecified atom stereocenters. The molecule has 15 heteroatoms. The van der Waals surface area contributed by atoms with E-state index in [2.05, 4.69) is 20.5 Å². The Kier molecular flexibility index (Phi) is 7.42. The number of ketones is 1. The Labute approximate surface area is 240 Å². The van der Waals surface area contributed by atoms with Gasteiger partial charge in [0.1, 0.15) is 6.04 Å². The summed E-state index contributed by atoms with van der Waals surface area (Å²) in [5, 5.41) is 10.7. The van der Waals surface area contributed by atoms with Crippen molar-refractivity contribution in [3.8, 4) is 11.6 Å². The van der Waals surface area contributed by atoms with Crippen LogP contribution in [0.15, 0.2) is 53.1 Å². The van der Waals surface area contributed by atoms with Gasteiger partial charge < -0.3 is 24.3 Å². The number of alkyl halides is 3. The van der Waals surface area contributed by atoms with E-state index in [0.29, 0.717) is 43.8 Å². The zero-order valence-corrected chi connectivity index (χ0v) is 22.2. The van der Waals surface area contributed by atoms with Gasteiger partial charge in [-0.15, -0.1) is 5.10 Å². The minimum Gasteiger partial charge on any atom is -0.402 e. The van der Waals surface area contributed by atoms with Crippen molar-refractivity contribution < 1.29 is 40.3 Å². The van der Waals surface area contributed by atoms with Crippen LogP contribution < -0.4 is 15.1 Å². The molecule has 2 aromatic carbocycles. The lowest BCUT2D eigenvalue weighted by molar-refractivity contribution is -0.137. The van der Waals surface area contributed by atoms with E-state index >= 15 is 0 Å². The molecule has 1 N–H and O–H groups in total. The summed E-state index contributed by atoms with van der Waals surface area (Å²) >= 11 is 0. The standard InChI is InChI=1S/C28H22F6N6O3/c29-18-11-17(12-19(30)24(18)31)40-14-20(23(41)9-15-3-1-2-4-21(15)40)36-27-38-37-26(43-27)25-22(39-5-7-42-8-6-39)10-16(13-35-25)28(32,33)34/h1-4,10-13,20H,5-9,14H2,(H,36,38)/t20-/m0/s1. The highest BCUT2D eigenvalue weighted by atomic mass is 19.4. The summed E-state index contributed by atoms with van der Waals surface area (Å²) in [5.74, 6) is -4.92. The van der Waals surface area contributed by atoms with Crippen LogP contribution in [0.5, 0.6) is 0 Å². The van der Waals surface area contributed by atoms with Crippen molar-refractivity contribution >= 4 is 28.9 Å². The van der Waals surface area contributed by atoms with E-state index in [1.54, 1.807) is 29.2 Å². The second kappa shape index (κ2) is 11.2. The molecule has 2 aromatic heterocycles. The Hall–Kier alpha value is -4.66. The number of nitrogens with zero attached hydrogens (tertiary/aromatic N) is 5. The van der Waals surface area contributed by atoms with Crippen LogP contribution in [0.1, 0.15) is 11.1 Å². The zero-order chi connectivity index (χ0) is 30.3. The maximum Gasteiger partial charge on any atom is 0.417 e. The van der Waals surface area contributed by atoms with Gasteiger partial charge >= 0.3 is 12.2 Å². The van der Waals surface area contributed by atoms with E-state index in [9.17, 15) is 31.1 Å². The molecule has 2 aliphatic rings. The van der Waals surface area contributed by atoms with Gasteiger partial charge in [0.2, 0.25) is 0 Å². The van der Waals surface area contributed by atoms with E-state index in [0.717, 1.165) is 18.2 Å². The van der Waals surface area contributed by atoms with E-state index in [4.69, 9.17) is 9.15 Å². The van der Waals surface area contributed by atoms with Crippen molar-refractivity contribution in [3.63, 3.8) is 0 Å². The smallest absolute Gasteiger partial charge is 0.402 e. The molecular formula is C28H22F6N6O3. The van der Waals surface area contributed by atoms with Crippen LogP contribution in [-0.2, 0) is 22.1 Å². The maximum absolute atomic E-state index is 14.2. The van der Waals surface area contributed by atoms with Crippen LogP contribution >= 0.6 is 0 Å². The highest BCUT2D eigenvalue weighted by Gasteiger charge is 2.34. The number of fused-ring (bicyclic) bond motifs is 1. The summed E-state index contributed by atoms with van der Waals surface area (Å²) in [5.41, 5.74) is 0.210. The van der Waals surface area contributed by atoms with Gasteiger partial charge in [-0.25, -0.2) is 18.2 Å². The van der Waals surface area contributed by atoms with Crippen LogP contribution in [0.3, 0.4) is 0 Å². The summed E-state index contributed by atoms with van der Waals surface area (Å²) in [6.45, 7) is 1.07. The molecule has 0 radical (unpaired) electrons. The number of aromatic nitrogens is 3. The number of nitrogens with one attached hydrogen (secondary N) is 1. The van der Waals surface area contributed by atoms with E-state index in [-0.39, 0.29) is 47.7 Å². The molecule has 2 aliphatic heterocycles. The van der Waals surface area contributed by atoms with Gasteiger partial charge in [0.25, 0.3) is 5.89 Å². The normalized spacial score (nSPS) is 17.5. The monoisotopic (exact) mass is 604 g/mol. The number of carbonyl (C=O) groups excluding carboxylic acids is 1.